The molecule has 2 aromatic rings. The summed E-state index contributed by atoms with van der Waals surface area (Å²) < 4.78 is 12.5. The average molecular weight is 291 g/mol. The fourth-order valence-electron chi connectivity index (χ4n) is 2.49. The number of amides is 1. The normalized spacial score (nSPS) is 22.5. The number of ether oxygens (including phenoxy) is 1. The molecule has 3 heterocycles. The van der Waals surface area contributed by atoms with Crippen LogP contribution in [-0.2, 0) is 16.1 Å². The molecule has 0 radical (unpaired) electrons. The Morgan fingerprint density at radius 3 is 3.05 bits per heavy atom. The summed E-state index contributed by atoms with van der Waals surface area (Å²) in [5, 5.41) is 7.86. The second-order valence-corrected chi connectivity index (χ2v) is 4.99. The number of aryl methyl sites for hydroxylation is 1. The first kappa shape index (κ1) is 13.7. The van der Waals surface area contributed by atoms with Gasteiger partial charge in [-0.15, -0.1) is 0 Å². The zero-order valence-electron chi connectivity index (χ0n) is 12.0. The lowest BCUT2D eigenvalue weighted by Crippen LogP contribution is -2.48. The molecule has 1 aliphatic rings. The number of carbonyl (C=O) groups excluding carboxylic acids is 1. The molecule has 112 valence electrons. The lowest BCUT2D eigenvalue weighted by molar-refractivity contribution is -0.148. The first-order valence-corrected chi connectivity index (χ1v) is 6.84. The van der Waals surface area contributed by atoms with Crippen LogP contribution in [0.4, 0.5) is 0 Å². The Balaban J connectivity index is 1.82. The predicted molar refractivity (Wildman–Crippen MR) is 71.1 cm³/mol. The first-order chi connectivity index (χ1) is 10.1. The van der Waals surface area contributed by atoms with Crippen molar-refractivity contribution in [2.75, 3.05) is 13.2 Å². The largest absolute Gasteiger partial charge is 0.374 e. The summed E-state index contributed by atoms with van der Waals surface area (Å²) in [7, 11) is 0. The van der Waals surface area contributed by atoms with Crippen LogP contribution in [0.15, 0.2) is 23.0 Å². The van der Waals surface area contributed by atoms with E-state index in [-0.39, 0.29) is 24.6 Å². The predicted octanol–water partition coefficient (Wildman–Crippen LogP) is 0.563. The number of hydrogen-bond acceptors (Lipinski definition) is 6. The molecule has 0 aliphatic carbocycles. The maximum absolute atomic E-state index is 12.5. The Bertz CT molecular complexity index is 609. The Hall–Kier alpha value is -2.22. The molecule has 21 heavy (non-hydrogen) atoms. The van der Waals surface area contributed by atoms with Crippen LogP contribution >= 0.6 is 0 Å². The molecular weight excluding hydrogens is 274 g/mol. The zero-order valence-corrected chi connectivity index (χ0v) is 12.0. The van der Waals surface area contributed by atoms with Gasteiger partial charge in [-0.2, -0.15) is 10.1 Å². The molecule has 0 N–H and O–H groups in total. The second kappa shape index (κ2) is 5.65. The van der Waals surface area contributed by atoms with E-state index in [9.17, 15) is 4.79 Å². The number of nitrogens with zero attached hydrogens (tertiary/aromatic N) is 5. The van der Waals surface area contributed by atoms with Gasteiger partial charge in [-0.1, -0.05) is 5.16 Å². The number of hydrogen-bond donors (Lipinski definition) is 0. The Morgan fingerprint density at radius 1 is 1.52 bits per heavy atom. The van der Waals surface area contributed by atoms with Gasteiger partial charge in [0.15, 0.2) is 5.82 Å². The van der Waals surface area contributed by atoms with Gasteiger partial charge in [0.1, 0.15) is 12.6 Å². The lowest BCUT2D eigenvalue weighted by Gasteiger charge is -2.37. The minimum absolute atomic E-state index is 0.0466. The number of morpholine rings is 1. The van der Waals surface area contributed by atoms with Gasteiger partial charge in [0.05, 0.1) is 12.7 Å². The highest BCUT2D eigenvalue weighted by molar-refractivity contribution is 5.76. The first-order valence-electron chi connectivity index (χ1n) is 6.84. The summed E-state index contributed by atoms with van der Waals surface area (Å²) in [6.45, 7) is 4.82. The molecule has 2 atom stereocenters. The lowest BCUT2D eigenvalue weighted by atomic mass is 10.1. The van der Waals surface area contributed by atoms with Crippen LogP contribution in [0.1, 0.15) is 24.7 Å². The van der Waals surface area contributed by atoms with E-state index in [0.29, 0.717) is 24.9 Å². The quantitative estimate of drug-likeness (QED) is 0.821. The summed E-state index contributed by atoms with van der Waals surface area (Å²) in [5.41, 5.74) is 0. The van der Waals surface area contributed by atoms with Gasteiger partial charge in [0.2, 0.25) is 5.91 Å². The molecule has 0 spiro atoms. The Kier molecular flexibility index (Phi) is 3.70. The summed E-state index contributed by atoms with van der Waals surface area (Å²) in [6, 6.07) is 1.43. The topological polar surface area (TPSA) is 86.3 Å². The SMILES string of the molecule is Cc1noc([C@@H]2[C@@H](C)OCCN2C(=O)Cn2cccn2)n1. The molecule has 0 unspecified atom stereocenters. The molecule has 8 heteroatoms. The summed E-state index contributed by atoms with van der Waals surface area (Å²) >= 11 is 0. The van der Waals surface area contributed by atoms with Gasteiger partial charge in [0.25, 0.3) is 5.89 Å². The highest BCUT2D eigenvalue weighted by Gasteiger charge is 2.37. The molecule has 2 aromatic heterocycles. The van der Waals surface area contributed by atoms with Crippen molar-refractivity contribution in [2.45, 2.75) is 32.5 Å². The third kappa shape index (κ3) is 2.80. The Labute approximate surface area is 121 Å². The van der Waals surface area contributed by atoms with Crippen molar-refractivity contribution >= 4 is 5.91 Å². The highest BCUT2D eigenvalue weighted by atomic mass is 16.5. The van der Waals surface area contributed by atoms with Gasteiger partial charge < -0.3 is 14.2 Å². The summed E-state index contributed by atoms with van der Waals surface area (Å²) in [6.07, 6.45) is 3.21. The van der Waals surface area contributed by atoms with Crippen LogP contribution in [0.3, 0.4) is 0 Å². The van der Waals surface area contributed by atoms with Crippen LogP contribution in [0.2, 0.25) is 0 Å². The minimum Gasteiger partial charge on any atom is -0.374 e. The summed E-state index contributed by atoms with van der Waals surface area (Å²) in [4.78, 5) is 18.5. The monoisotopic (exact) mass is 291 g/mol. The van der Waals surface area contributed by atoms with Crippen molar-refractivity contribution in [1.82, 2.24) is 24.8 Å². The molecule has 1 amide bonds. The molecule has 3 rings (SSSR count). The van der Waals surface area contributed by atoms with Crippen LogP contribution < -0.4 is 0 Å². The molecule has 1 saturated heterocycles. The van der Waals surface area contributed by atoms with Crippen LogP contribution in [0.25, 0.3) is 0 Å². The van der Waals surface area contributed by atoms with Gasteiger partial charge >= 0.3 is 0 Å². The molecule has 8 nitrogen and oxygen atoms in total. The van der Waals surface area contributed by atoms with E-state index in [1.807, 2.05) is 6.92 Å². The molecule has 0 aromatic carbocycles. The molecule has 1 aliphatic heterocycles. The number of aromatic nitrogens is 4. The van der Waals surface area contributed by atoms with E-state index >= 15 is 0 Å². The van der Waals surface area contributed by atoms with E-state index in [2.05, 4.69) is 15.2 Å². The van der Waals surface area contributed by atoms with Crippen LogP contribution in [0, 0.1) is 6.92 Å². The third-order valence-electron chi connectivity index (χ3n) is 3.47. The van der Waals surface area contributed by atoms with E-state index < -0.39 is 0 Å². The summed E-state index contributed by atoms with van der Waals surface area (Å²) in [5.74, 6) is 0.908. The zero-order chi connectivity index (χ0) is 14.8. The molecule has 0 bridgehead atoms. The van der Waals surface area contributed by atoms with Gasteiger partial charge in [-0.25, -0.2) is 0 Å². The van der Waals surface area contributed by atoms with E-state index in [1.165, 1.54) is 0 Å². The average Bonchev–Trinajstić information content (AvgIpc) is 3.10. The fraction of sp³-hybridized carbons (Fsp3) is 0.538. The third-order valence-corrected chi connectivity index (χ3v) is 3.47. The Morgan fingerprint density at radius 2 is 2.38 bits per heavy atom. The maximum Gasteiger partial charge on any atom is 0.252 e. The smallest absolute Gasteiger partial charge is 0.252 e. The fourth-order valence-corrected chi connectivity index (χ4v) is 2.49. The number of carbonyl (C=O) groups is 1. The molecule has 0 saturated carbocycles. The molecular formula is C13H17N5O3. The van der Waals surface area contributed by atoms with Crippen molar-refractivity contribution in [1.29, 1.82) is 0 Å². The highest BCUT2D eigenvalue weighted by Crippen LogP contribution is 2.28. The van der Waals surface area contributed by atoms with E-state index in [0.717, 1.165) is 0 Å². The van der Waals surface area contributed by atoms with Crippen LogP contribution in [0.5, 0.6) is 0 Å². The van der Waals surface area contributed by atoms with Gasteiger partial charge in [-0.3, -0.25) is 9.48 Å². The standard InChI is InChI=1S/C13H17N5O3/c1-9-12(13-15-10(2)16-21-13)18(6-7-20-9)11(19)8-17-5-3-4-14-17/h3-5,9,12H,6-8H2,1-2H3/t9-,12+/m1/s1. The molecule has 1 fully saturated rings. The van der Waals surface area contributed by atoms with Gasteiger partial charge in [0, 0.05) is 18.9 Å². The van der Waals surface area contributed by atoms with Crippen molar-refractivity contribution in [2.24, 2.45) is 0 Å². The number of rotatable bonds is 3. The van der Waals surface area contributed by atoms with Crippen molar-refractivity contribution in [3.8, 4) is 0 Å². The van der Waals surface area contributed by atoms with Crippen LogP contribution in [-0.4, -0.2) is 50.0 Å². The maximum atomic E-state index is 12.5. The van der Waals surface area contributed by atoms with Crippen molar-refractivity contribution < 1.29 is 14.1 Å². The van der Waals surface area contributed by atoms with E-state index in [1.54, 1.807) is 35.0 Å². The second-order valence-electron chi connectivity index (χ2n) is 4.99. The minimum atomic E-state index is -0.358. The van der Waals surface area contributed by atoms with E-state index in [4.69, 9.17) is 9.26 Å². The van der Waals surface area contributed by atoms with Crippen molar-refractivity contribution in [3.63, 3.8) is 0 Å². The van der Waals surface area contributed by atoms with Gasteiger partial charge in [-0.05, 0) is 19.9 Å². The van der Waals surface area contributed by atoms with Crippen molar-refractivity contribution in [3.05, 3.63) is 30.2 Å².